The highest BCUT2D eigenvalue weighted by atomic mass is 16.5. The fraction of sp³-hybridized carbons (Fsp3) is 0.167. The van der Waals surface area contributed by atoms with E-state index >= 15 is 0 Å². The molecule has 2 aromatic carbocycles. The highest BCUT2D eigenvalue weighted by molar-refractivity contribution is 5.89. The fourth-order valence-electron chi connectivity index (χ4n) is 1.76. The molecule has 0 aliphatic carbocycles. The summed E-state index contributed by atoms with van der Waals surface area (Å²) < 4.78 is 10.8. The van der Waals surface area contributed by atoms with E-state index in [0.29, 0.717) is 12.4 Å². The van der Waals surface area contributed by atoms with E-state index in [0.717, 1.165) is 17.7 Å². The summed E-state index contributed by atoms with van der Waals surface area (Å²) in [6.45, 7) is 2.70. The van der Waals surface area contributed by atoms with E-state index in [9.17, 15) is 4.79 Å². The third-order valence-corrected chi connectivity index (χ3v) is 2.74. The van der Waals surface area contributed by atoms with Crippen LogP contribution in [0.5, 0.6) is 11.5 Å². The molecule has 21 heavy (non-hydrogen) atoms. The topological polar surface area (TPSA) is 35.5 Å². The summed E-state index contributed by atoms with van der Waals surface area (Å²) in [6, 6.07) is 16.6. The minimum Gasteiger partial charge on any atom is -0.493 e. The van der Waals surface area contributed by atoms with Gasteiger partial charge < -0.3 is 9.47 Å². The van der Waals surface area contributed by atoms with Gasteiger partial charge in [-0.1, -0.05) is 43.3 Å². The van der Waals surface area contributed by atoms with Crippen LogP contribution in [0.25, 0.3) is 6.08 Å². The first-order chi connectivity index (χ1) is 10.3. The van der Waals surface area contributed by atoms with Gasteiger partial charge in [-0.25, -0.2) is 4.79 Å². The van der Waals surface area contributed by atoms with E-state index in [-0.39, 0.29) is 0 Å². The van der Waals surface area contributed by atoms with Crippen molar-refractivity contribution >= 4 is 12.0 Å². The zero-order valence-electron chi connectivity index (χ0n) is 12.0. The van der Waals surface area contributed by atoms with Crippen molar-refractivity contribution in [1.29, 1.82) is 0 Å². The Bertz CT molecular complexity index is 603. The average Bonchev–Trinajstić information content (AvgIpc) is 2.52. The van der Waals surface area contributed by atoms with Crippen molar-refractivity contribution in [3.8, 4) is 11.5 Å². The molecule has 0 aromatic heterocycles. The molecule has 108 valence electrons. The molecule has 0 heterocycles. The molecule has 3 heteroatoms. The number of carbonyl (C=O) groups excluding carboxylic acids is 1. The second kappa shape index (κ2) is 7.90. The van der Waals surface area contributed by atoms with Crippen LogP contribution in [0.3, 0.4) is 0 Å². The van der Waals surface area contributed by atoms with Gasteiger partial charge in [-0.3, -0.25) is 0 Å². The van der Waals surface area contributed by atoms with E-state index in [1.165, 1.54) is 6.08 Å². The van der Waals surface area contributed by atoms with Crippen LogP contribution in [0.1, 0.15) is 18.9 Å². The molecule has 0 spiro atoms. The zero-order valence-corrected chi connectivity index (χ0v) is 12.0. The molecule has 0 saturated heterocycles. The van der Waals surface area contributed by atoms with Crippen molar-refractivity contribution < 1.29 is 14.3 Å². The van der Waals surface area contributed by atoms with Crippen LogP contribution in [0.2, 0.25) is 0 Å². The highest BCUT2D eigenvalue weighted by Crippen LogP contribution is 2.19. The molecule has 2 aromatic rings. The Labute approximate surface area is 124 Å². The summed E-state index contributed by atoms with van der Waals surface area (Å²) in [5.74, 6) is 0.886. The lowest BCUT2D eigenvalue weighted by molar-refractivity contribution is -0.128. The van der Waals surface area contributed by atoms with Gasteiger partial charge in [0.1, 0.15) is 11.5 Å². The summed E-state index contributed by atoms with van der Waals surface area (Å²) in [6.07, 6.45) is 4.05. The third-order valence-electron chi connectivity index (χ3n) is 2.74. The monoisotopic (exact) mass is 282 g/mol. The number of benzene rings is 2. The molecule has 0 saturated carbocycles. The Balaban J connectivity index is 2.02. The van der Waals surface area contributed by atoms with E-state index < -0.39 is 5.97 Å². The van der Waals surface area contributed by atoms with Gasteiger partial charge in [0.25, 0.3) is 0 Å². The van der Waals surface area contributed by atoms with Crippen LogP contribution in [0.15, 0.2) is 60.7 Å². The molecule has 0 N–H and O–H groups in total. The largest absolute Gasteiger partial charge is 0.493 e. The van der Waals surface area contributed by atoms with Crippen LogP contribution in [0.4, 0.5) is 0 Å². The van der Waals surface area contributed by atoms with E-state index in [4.69, 9.17) is 9.47 Å². The fourth-order valence-corrected chi connectivity index (χ4v) is 1.76. The first-order valence-electron chi connectivity index (χ1n) is 6.96. The van der Waals surface area contributed by atoms with Crippen molar-refractivity contribution in [2.24, 2.45) is 0 Å². The van der Waals surface area contributed by atoms with E-state index in [1.807, 2.05) is 42.5 Å². The number of para-hydroxylation sites is 2. The minimum atomic E-state index is -0.411. The second-order valence-electron chi connectivity index (χ2n) is 4.45. The number of ether oxygens (including phenoxy) is 2. The van der Waals surface area contributed by atoms with Crippen LogP contribution in [0, 0.1) is 0 Å². The van der Waals surface area contributed by atoms with Crippen LogP contribution in [-0.2, 0) is 4.79 Å². The van der Waals surface area contributed by atoms with Gasteiger partial charge in [-0.05, 0) is 30.7 Å². The zero-order chi connectivity index (χ0) is 14.9. The normalized spacial score (nSPS) is 10.5. The summed E-state index contributed by atoms with van der Waals surface area (Å²) in [5.41, 5.74) is 0.857. The molecule has 0 aliphatic heterocycles. The van der Waals surface area contributed by atoms with Gasteiger partial charge in [0.2, 0.25) is 0 Å². The lowest BCUT2D eigenvalue weighted by Gasteiger charge is -2.07. The highest BCUT2D eigenvalue weighted by Gasteiger charge is 2.02. The predicted molar refractivity (Wildman–Crippen MR) is 83.3 cm³/mol. The number of carbonyl (C=O) groups is 1. The maximum Gasteiger partial charge on any atom is 0.336 e. The van der Waals surface area contributed by atoms with E-state index in [1.54, 1.807) is 18.2 Å². The van der Waals surface area contributed by atoms with Crippen molar-refractivity contribution in [1.82, 2.24) is 0 Å². The molecular formula is C18H18O3. The standard InChI is InChI=1S/C18H18O3/c1-2-14-20-17-11-7-6-8-15(17)12-13-18(19)21-16-9-4-3-5-10-16/h3-13H,2,14H2,1H3/b13-12+. The van der Waals surface area contributed by atoms with Gasteiger partial charge in [0.05, 0.1) is 6.61 Å². The van der Waals surface area contributed by atoms with Crippen LogP contribution in [-0.4, -0.2) is 12.6 Å². The Morgan fingerprint density at radius 2 is 1.76 bits per heavy atom. The maximum absolute atomic E-state index is 11.8. The third kappa shape index (κ3) is 4.80. The molecule has 0 amide bonds. The number of rotatable bonds is 6. The lowest BCUT2D eigenvalue weighted by atomic mass is 10.2. The van der Waals surface area contributed by atoms with Gasteiger partial charge in [0, 0.05) is 11.6 Å². The summed E-state index contributed by atoms with van der Waals surface area (Å²) in [7, 11) is 0. The van der Waals surface area contributed by atoms with Crippen molar-refractivity contribution in [3.63, 3.8) is 0 Å². The summed E-state index contributed by atoms with van der Waals surface area (Å²) in [5, 5.41) is 0. The van der Waals surface area contributed by atoms with Crippen LogP contribution >= 0.6 is 0 Å². The Morgan fingerprint density at radius 3 is 2.52 bits per heavy atom. The summed E-state index contributed by atoms with van der Waals surface area (Å²) >= 11 is 0. The molecule has 0 unspecified atom stereocenters. The first kappa shape index (κ1) is 14.9. The van der Waals surface area contributed by atoms with Gasteiger partial charge in [-0.2, -0.15) is 0 Å². The SMILES string of the molecule is CCCOc1ccccc1/C=C/C(=O)Oc1ccccc1. The van der Waals surface area contributed by atoms with Crippen LogP contribution < -0.4 is 9.47 Å². The molecule has 0 atom stereocenters. The van der Waals surface area contributed by atoms with Crippen molar-refractivity contribution in [2.75, 3.05) is 6.61 Å². The Kier molecular flexibility index (Phi) is 5.59. The molecule has 0 radical (unpaired) electrons. The van der Waals surface area contributed by atoms with Gasteiger partial charge in [0.15, 0.2) is 0 Å². The summed E-state index contributed by atoms with van der Waals surface area (Å²) in [4.78, 5) is 11.8. The number of hydrogen-bond donors (Lipinski definition) is 0. The quantitative estimate of drug-likeness (QED) is 0.454. The predicted octanol–water partition coefficient (Wildman–Crippen LogP) is 4.09. The van der Waals surface area contributed by atoms with E-state index in [2.05, 4.69) is 6.92 Å². The molecular weight excluding hydrogens is 264 g/mol. The maximum atomic E-state index is 11.8. The number of hydrogen-bond acceptors (Lipinski definition) is 3. The Morgan fingerprint density at radius 1 is 1.05 bits per heavy atom. The molecule has 2 rings (SSSR count). The smallest absolute Gasteiger partial charge is 0.336 e. The Hall–Kier alpha value is -2.55. The number of esters is 1. The molecule has 3 nitrogen and oxygen atoms in total. The minimum absolute atomic E-state index is 0.411. The second-order valence-corrected chi connectivity index (χ2v) is 4.45. The van der Waals surface area contributed by atoms with Gasteiger partial charge >= 0.3 is 5.97 Å². The molecule has 0 bridgehead atoms. The van der Waals surface area contributed by atoms with Gasteiger partial charge in [-0.15, -0.1) is 0 Å². The average molecular weight is 282 g/mol. The molecule has 0 aliphatic rings. The van der Waals surface area contributed by atoms with Crippen molar-refractivity contribution in [3.05, 3.63) is 66.2 Å². The van der Waals surface area contributed by atoms with Crippen molar-refractivity contribution in [2.45, 2.75) is 13.3 Å². The lowest BCUT2D eigenvalue weighted by Crippen LogP contribution is -2.03. The first-order valence-corrected chi connectivity index (χ1v) is 6.96. The molecule has 0 fully saturated rings.